The molecule has 0 rings (SSSR count). The Balaban J connectivity index is 4.16. The van der Waals surface area contributed by atoms with Gasteiger partial charge in [-0.25, -0.2) is 0 Å². The standard InChI is InChI=1S/C14H22O3/c1-6-10-14(4,5)13(16)17-12(15)9-7-8-11(2)3/h6,8H,1,7,9-10H2,2-5H3. The molecular formula is C14H22O3. The molecular weight excluding hydrogens is 216 g/mol. The summed E-state index contributed by atoms with van der Waals surface area (Å²) < 4.78 is 4.79. The molecule has 0 aliphatic rings. The summed E-state index contributed by atoms with van der Waals surface area (Å²) in [6.45, 7) is 11.0. The molecule has 0 unspecified atom stereocenters. The Kier molecular flexibility index (Phi) is 6.47. The summed E-state index contributed by atoms with van der Waals surface area (Å²) in [6, 6.07) is 0. The quantitative estimate of drug-likeness (QED) is 0.404. The number of ether oxygens (including phenoxy) is 1. The largest absolute Gasteiger partial charge is 0.393 e. The Morgan fingerprint density at radius 3 is 2.35 bits per heavy atom. The van der Waals surface area contributed by atoms with Gasteiger partial charge in [-0.1, -0.05) is 17.7 Å². The van der Waals surface area contributed by atoms with Gasteiger partial charge in [-0.3, -0.25) is 9.59 Å². The fourth-order valence-electron chi connectivity index (χ4n) is 1.22. The lowest BCUT2D eigenvalue weighted by Crippen LogP contribution is -2.28. The number of esters is 2. The summed E-state index contributed by atoms with van der Waals surface area (Å²) in [6.07, 6.45) is 4.93. The van der Waals surface area contributed by atoms with Gasteiger partial charge in [0, 0.05) is 6.42 Å². The molecule has 0 amide bonds. The van der Waals surface area contributed by atoms with Crippen LogP contribution in [0.15, 0.2) is 24.3 Å². The van der Waals surface area contributed by atoms with E-state index in [1.54, 1.807) is 19.9 Å². The average Bonchev–Trinajstić information content (AvgIpc) is 2.16. The van der Waals surface area contributed by atoms with Crippen LogP contribution >= 0.6 is 0 Å². The highest BCUT2D eigenvalue weighted by molar-refractivity contribution is 5.88. The van der Waals surface area contributed by atoms with E-state index >= 15 is 0 Å². The molecule has 0 aromatic heterocycles. The lowest BCUT2D eigenvalue weighted by atomic mass is 9.90. The van der Waals surface area contributed by atoms with Crippen molar-refractivity contribution in [2.75, 3.05) is 0 Å². The van der Waals surface area contributed by atoms with Crippen LogP contribution < -0.4 is 0 Å². The minimum atomic E-state index is -0.687. The van der Waals surface area contributed by atoms with Gasteiger partial charge in [0.15, 0.2) is 0 Å². The van der Waals surface area contributed by atoms with Crippen molar-refractivity contribution in [1.82, 2.24) is 0 Å². The zero-order valence-electron chi connectivity index (χ0n) is 11.2. The molecule has 0 spiro atoms. The number of carbonyl (C=O) groups excluding carboxylic acids is 2. The van der Waals surface area contributed by atoms with Crippen LogP contribution in [0.4, 0.5) is 0 Å². The predicted octanol–water partition coefficient (Wildman–Crippen LogP) is 3.40. The maximum Gasteiger partial charge on any atom is 0.319 e. The number of carbonyl (C=O) groups is 2. The Hall–Kier alpha value is -1.38. The molecule has 0 aromatic rings. The summed E-state index contributed by atoms with van der Waals surface area (Å²) in [5.74, 6) is -0.954. The molecule has 0 saturated heterocycles. The summed E-state index contributed by atoms with van der Waals surface area (Å²) >= 11 is 0. The third kappa shape index (κ3) is 6.72. The van der Waals surface area contributed by atoms with Crippen LogP contribution in [-0.4, -0.2) is 11.9 Å². The summed E-state index contributed by atoms with van der Waals surface area (Å²) in [7, 11) is 0. The van der Waals surface area contributed by atoms with Crippen LogP contribution in [-0.2, 0) is 14.3 Å². The zero-order chi connectivity index (χ0) is 13.5. The highest BCUT2D eigenvalue weighted by Crippen LogP contribution is 2.22. The Morgan fingerprint density at radius 1 is 1.29 bits per heavy atom. The normalized spacial score (nSPS) is 10.6. The highest BCUT2D eigenvalue weighted by Gasteiger charge is 2.29. The van der Waals surface area contributed by atoms with Crippen molar-refractivity contribution in [3.8, 4) is 0 Å². The number of hydrogen-bond acceptors (Lipinski definition) is 3. The van der Waals surface area contributed by atoms with E-state index in [-0.39, 0.29) is 6.42 Å². The first-order chi connectivity index (χ1) is 7.79. The van der Waals surface area contributed by atoms with Crippen LogP contribution in [0.3, 0.4) is 0 Å². The molecule has 0 aliphatic carbocycles. The highest BCUT2D eigenvalue weighted by atomic mass is 16.6. The maximum absolute atomic E-state index is 11.7. The van der Waals surface area contributed by atoms with E-state index in [1.807, 2.05) is 19.9 Å². The first-order valence-corrected chi connectivity index (χ1v) is 5.79. The van der Waals surface area contributed by atoms with Crippen molar-refractivity contribution in [3.63, 3.8) is 0 Å². The van der Waals surface area contributed by atoms with Crippen molar-refractivity contribution >= 4 is 11.9 Å². The third-order valence-corrected chi connectivity index (χ3v) is 2.31. The van der Waals surface area contributed by atoms with Gasteiger partial charge in [0.25, 0.3) is 0 Å². The first-order valence-electron chi connectivity index (χ1n) is 5.79. The number of hydrogen-bond donors (Lipinski definition) is 0. The van der Waals surface area contributed by atoms with Crippen LogP contribution in [0.2, 0.25) is 0 Å². The molecule has 96 valence electrons. The van der Waals surface area contributed by atoms with Gasteiger partial charge in [0.1, 0.15) is 0 Å². The topological polar surface area (TPSA) is 43.4 Å². The van der Waals surface area contributed by atoms with Gasteiger partial charge in [-0.15, -0.1) is 6.58 Å². The van der Waals surface area contributed by atoms with Gasteiger partial charge in [-0.05, 0) is 40.5 Å². The SMILES string of the molecule is C=CCC(C)(C)C(=O)OC(=O)CCC=C(C)C. The fourth-order valence-corrected chi connectivity index (χ4v) is 1.22. The van der Waals surface area contributed by atoms with Gasteiger partial charge in [-0.2, -0.15) is 0 Å². The molecule has 0 fully saturated rings. The lowest BCUT2D eigenvalue weighted by molar-refractivity contribution is -0.166. The van der Waals surface area contributed by atoms with E-state index < -0.39 is 17.4 Å². The molecule has 0 saturated carbocycles. The molecule has 0 heterocycles. The third-order valence-electron chi connectivity index (χ3n) is 2.31. The Bertz CT molecular complexity index is 320. The summed E-state index contributed by atoms with van der Waals surface area (Å²) in [4.78, 5) is 23.0. The van der Waals surface area contributed by atoms with Crippen LogP contribution in [0.25, 0.3) is 0 Å². The maximum atomic E-state index is 11.7. The molecule has 0 bridgehead atoms. The second-order valence-electron chi connectivity index (χ2n) is 4.96. The Labute approximate surface area is 104 Å². The molecule has 3 nitrogen and oxygen atoms in total. The van der Waals surface area contributed by atoms with E-state index in [0.717, 1.165) is 5.57 Å². The van der Waals surface area contributed by atoms with Crippen molar-refractivity contribution < 1.29 is 14.3 Å². The average molecular weight is 238 g/mol. The van der Waals surface area contributed by atoms with Gasteiger partial charge in [0.05, 0.1) is 5.41 Å². The van der Waals surface area contributed by atoms with E-state index in [9.17, 15) is 9.59 Å². The van der Waals surface area contributed by atoms with Crippen LogP contribution in [0.1, 0.15) is 47.0 Å². The van der Waals surface area contributed by atoms with E-state index in [4.69, 9.17) is 4.74 Å². The van der Waals surface area contributed by atoms with Crippen molar-refractivity contribution in [3.05, 3.63) is 24.3 Å². The molecule has 0 N–H and O–H groups in total. The van der Waals surface area contributed by atoms with Crippen LogP contribution in [0, 0.1) is 5.41 Å². The molecule has 17 heavy (non-hydrogen) atoms. The van der Waals surface area contributed by atoms with Crippen molar-refractivity contribution in [2.45, 2.75) is 47.0 Å². The van der Waals surface area contributed by atoms with E-state index in [1.165, 1.54) is 0 Å². The monoisotopic (exact) mass is 238 g/mol. The predicted molar refractivity (Wildman–Crippen MR) is 68.4 cm³/mol. The second kappa shape index (κ2) is 7.05. The molecule has 0 atom stereocenters. The van der Waals surface area contributed by atoms with Crippen molar-refractivity contribution in [1.29, 1.82) is 0 Å². The number of rotatable bonds is 6. The fraction of sp³-hybridized carbons (Fsp3) is 0.571. The van der Waals surface area contributed by atoms with Gasteiger partial charge < -0.3 is 4.74 Å². The first kappa shape index (κ1) is 15.6. The molecule has 3 heteroatoms. The van der Waals surface area contributed by atoms with Gasteiger partial charge >= 0.3 is 11.9 Å². The summed E-state index contributed by atoms with van der Waals surface area (Å²) in [5.41, 5.74) is 0.463. The Morgan fingerprint density at radius 2 is 1.88 bits per heavy atom. The van der Waals surface area contributed by atoms with Crippen LogP contribution in [0.5, 0.6) is 0 Å². The molecule has 0 aromatic carbocycles. The minimum absolute atomic E-state index is 0.237. The smallest absolute Gasteiger partial charge is 0.319 e. The number of allylic oxidation sites excluding steroid dienone is 3. The molecule has 0 radical (unpaired) electrons. The second-order valence-corrected chi connectivity index (χ2v) is 4.96. The summed E-state index contributed by atoms with van der Waals surface area (Å²) in [5, 5.41) is 0. The molecule has 0 aliphatic heterocycles. The lowest BCUT2D eigenvalue weighted by Gasteiger charge is -2.19. The van der Waals surface area contributed by atoms with Crippen molar-refractivity contribution in [2.24, 2.45) is 5.41 Å². The minimum Gasteiger partial charge on any atom is -0.393 e. The van der Waals surface area contributed by atoms with Gasteiger partial charge in [0.2, 0.25) is 0 Å². The van der Waals surface area contributed by atoms with E-state index in [0.29, 0.717) is 12.8 Å². The van der Waals surface area contributed by atoms with E-state index in [2.05, 4.69) is 6.58 Å². The zero-order valence-corrected chi connectivity index (χ0v) is 11.2.